The van der Waals surface area contributed by atoms with Gasteiger partial charge >= 0.3 is 0 Å². The Morgan fingerprint density at radius 3 is 2.56 bits per heavy atom. The molecular formula is C31H39N9O4S. The summed E-state index contributed by atoms with van der Waals surface area (Å²) >= 11 is 0. The Kier molecular flexibility index (Phi) is 7.79. The summed E-state index contributed by atoms with van der Waals surface area (Å²) in [4.78, 5) is 20.1. The fourth-order valence-corrected chi connectivity index (χ4v) is 7.16. The topological polar surface area (TPSA) is 140 Å². The molecule has 0 spiro atoms. The van der Waals surface area contributed by atoms with Crippen LogP contribution in [0.2, 0.25) is 0 Å². The zero-order valence-electron chi connectivity index (χ0n) is 25.7. The highest BCUT2D eigenvalue weighted by molar-refractivity contribution is 7.92. The quantitative estimate of drug-likeness (QED) is 0.225. The second-order valence-corrected chi connectivity index (χ2v) is 13.7. The zero-order chi connectivity index (χ0) is 31.1. The first-order chi connectivity index (χ1) is 21.7. The van der Waals surface area contributed by atoms with Gasteiger partial charge < -0.3 is 34.9 Å². The van der Waals surface area contributed by atoms with Gasteiger partial charge in [-0.15, -0.1) is 0 Å². The molecule has 0 unspecified atom stereocenters. The number of nitrogens with zero attached hydrogens (tertiary/aromatic N) is 5. The van der Waals surface area contributed by atoms with E-state index in [0.29, 0.717) is 58.9 Å². The molecule has 0 radical (unpaired) electrons. The summed E-state index contributed by atoms with van der Waals surface area (Å²) in [7, 11) is 0.373. The fourth-order valence-electron chi connectivity index (χ4n) is 6.59. The minimum Gasteiger partial charge on any atom is -0.494 e. The van der Waals surface area contributed by atoms with Crippen molar-refractivity contribution in [3.05, 3.63) is 48.7 Å². The van der Waals surface area contributed by atoms with Gasteiger partial charge in [0.1, 0.15) is 29.6 Å². The van der Waals surface area contributed by atoms with Crippen molar-refractivity contribution in [3.8, 4) is 11.5 Å². The predicted molar refractivity (Wildman–Crippen MR) is 177 cm³/mol. The van der Waals surface area contributed by atoms with E-state index in [-0.39, 0.29) is 0 Å². The number of fused-ring (bicyclic) bond motifs is 4. The second-order valence-electron chi connectivity index (χ2n) is 12.0. The summed E-state index contributed by atoms with van der Waals surface area (Å²) in [5, 5.41) is 7.37. The Bertz CT molecular complexity index is 1810. The second kappa shape index (κ2) is 11.9. The SMILES string of the molecule is COc1cc2c(cc1Nc1nc(Nc3ccccc3NS(C)(=O)=O)c3cc[nH]c3n1)OC[C@H]1C[C@@H](N3CCN(C)CC3)CCN21. The van der Waals surface area contributed by atoms with Crippen LogP contribution in [0.4, 0.5) is 34.5 Å². The van der Waals surface area contributed by atoms with Crippen molar-refractivity contribution < 1.29 is 17.9 Å². The largest absolute Gasteiger partial charge is 0.494 e. The molecule has 0 saturated carbocycles. The smallest absolute Gasteiger partial charge is 0.231 e. The van der Waals surface area contributed by atoms with Crippen LogP contribution in [-0.4, -0.2) is 105 Å². The standard InChI is InChI=1S/C31H39N9O4S/c1-38-12-14-39(15-13-38)20-9-11-40-21(16-20)19-44-28-17-25(27(43-2)18-26(28)40)34-31-35-29-22(8-10-32-29)30(36-31)33-23-6-4-5-7-24(23)37-45(3,41)42/h4-8,10,17-18,20-21,37H,9,11-16,19H2,1-3H3,(H3,32,33,34,35,36)/t20-,21+/m0/s1. The van der Waals surface area contributed by atoms with E-state index in [1.54, 1.807) is 31.5 Å². The molecule has 2 saturated heterocycles. The van der Waals surface area contributed by atoms with Crippen LogP contribution < -0.4 is 29.7 Å². The van der Waals surface area contributed by atoms with Gasteiger partial charge in [-0.1, -0.05) is 12.1 Å². The lowest BCUT2D eigenvalue weighted by atomic mass is 9.93. The zero-order valence-corrected chi connectivity index (χ0v) is 26.5. The van der Waals surface area contributed by atoms with Crippen molar-refractivity contribution in [2.24, 2.45) is 0 Å². The van der Waals surface area contributed by atoms with Crippen LogP contribution in [0, 0.1) is 0 Å². The molecule has 0 bridgehead atoms. The number of piperidine rings is 1. The Morgan fingerprint density at radius 2 is 1.78 bits per heavy atom. The molecule has 0 aliphatic carbocycles. The fraction of sp³-hybridized carbons (Fsp3) is 0.419. The highest BCUT2D eigenvalue weighted by Gasteiger charge is 2.37. The maximum absolute atomic E-state index is 12.0. The molecule has 2 aromatic heterocycles. The number of methoxy groups -OCH3 is 1. The van der Waals surface area contributed by atoms with Gasteiger partial charge in [0.2, 0.25) is 16.0 Å². The lowest BCUT2D eigenvalue weighted by Gasteiger charge is -2.48. The third-order valence-corrected chi connectivity index (χ3v) is 9.49. The molecule has 7 rings (SSSR count). The van der Waals surface area contributed by atoms with Gasteiger partial charge in [0.05, 0.1) is 47.5 Å². The number of aromatic amines is 1. The summed E-state index contributed by atoms with van der Waals surface area (Å²) in [5.74, 6) is 2.30. The lowest BCUT2D eigenvalue weighted by molar-refractivity contribution is 0.0822. The number of rotatable bonds is 8. The number of anilines is 6. The maximum atomic E-state index is 12.0. The Labute approximate surface area is 263 Å². The molecule has 238 valence electrons. The minimum absolute atomic E-state index is 0.326. The number of H-pyrrole nitrogens is 1. The molecule has 0 amide bonds. The van der Waals surface area contributed by atoms with Gasteiger partial charge in [0, 0.05) is 57.1 Å². The molecule has 4 aromatic rings. The van der Waals surface area contributed by atoms with Crippen LogP contribution in [-0.2, 0) is 10.0 Å². The van der Waals surface area contributed by atoms with Crippen molar-refractivity contribution in [2.75, 3.05) is 80.0 Å². The van der Waals surface area contributed by atoms with Gasteiger partial charge in [-0.2, -0.15) is 9.97 Å². The van der Waals surface area contributed by atoms with E-state index in [0.717, 1.165) is 68.6 Å². The highest BCUT2D eigenvalue weighted by atomic mass is 32.2. The average Bonchev–Trinajstić information content (AvgIpc) is 3.50. The number of aromatic nitrogens is 3. The number of benzene rings is 2. The summed E-state index contributed by atoms with van der Waals surface area (Å²) in [6.45, 7) is 6.14. The number of piperazine rings is 1. The van der Waals surface area contributed by atoms with E-state index in [4.69, 9.17) is 14.5 Å². The molecule has 13 nitrogen and oxygen atoms in total. The molecule has 14 heteroatoms. The van der Waals surface area contributed by atoms with Crippen LogP contribution in [0.1, 0.15) is 12.8 Å². The molecular weight excluding hydrogens is 594 g/mol. The van der Waals surface area contributed by atoms with Crippen molar-refractivity contribution >= 4 is 55.6 Å². The monoisotopic (exact) mass is 633 g/mol. The Balaban J connectivity index is 1.13. The van der Waals surface area contributed by atoms with Crippen LogP contribution >= 0.6 is 0 Å². The number of nitrogens with one attached hydrogen (secondary N) is 4. The summed E-state index contributed by atoms with van der Waals surface area (Å²) in [6, 6.07) is 13.8. The molecule has 2 atom stereocenters. The number of hydrogen-bond donors (Lipinski definition) is 4. The van der Waals surface area contributed by atoms with E-state index in [1.807, 2.05) is 24.3 Å². The average molecular weight is 634 g/mol. The normalized spacial score (nSPS) is 20.6. The molecule has 45 heavy (non-hydrogen) atoms. The van der Waals surface area contributed by atoms with Crippen molar-refractivity contribution in [3.63, 3.8) is 0 Å². The van der Waals surface area contributed by atoms with Gasteiger partial charge in [-0.25, -0.2) is 8.42 Å². The van der Waals surface area contributed by atoms with Crippen LogP contribution in [0.15, 0.2) is 48.7 Å². The first kappa shape index (κ1) is 29.4. The third-order valence-electron chi connectivity index (χ3n) is 8.90. The number of ether oxygens (including phenoxy) is 2. The number of para-hydroxylation sites is 2. The molecule has 4 N–H and O–H groups in total. The van der Waals surface area contributed by atoms with Gasteiger partial charge in [0.25, 0.3) is 0 Å². The van der Waals surface area contributed by atoms with Gasteiger partial charge in [-0.3, -0.25) is 9.62 Å². The summed E-state index contributed by atoms with van der Waals surface area (Å²) in [6.07, 6.45) is 5.12. The van der Waals surface area contributed by atoms with E-state index in [9.17, 15) is 8.42 Å². The summed E-state index contributed by atoms with van der Waals surface area (Å²) < 4.78 is 38.7. The van der Waals surface area contributed by atoms with E-state index in [2.05, 4.69) is 47.1 Å². The summed E-state index contributed by atoms with van der Waals surface area (Å²) in [5.41, 5.74) is 3.31. The molecule has 2 fully saturated rings. The molecule has 5 heterocycles. The highest BCUT2D eigenvalue weighted by Crippen LogP contribution is 2.44. The molecule has 3 aliphatic heterocycles. The van der Waals surface area contributed by atoms with Gasteiger partial charge in [-0.05, 0) is 38.1 Å². The Hall–Kier alpha value is -4.27. The van der Waals surface area contributed by atoms with E-state index >= 15 is 0 Å². The molecule has 3 aliphatic rings. The minimum atomic E-state index is -3.48. The van der Waals surface area contributed by atoms with E-state index < -0.39 is 10.0 Å². The first-order valence-corrected chi connectivity index (χ1v) is 17.1. The third kappa shape index (κ3) is 6.17. The van der Waals surface area contributed by atoms with Crippen molar-refractivity contribution in [1.82, 2.24) is 24.8 Å². The number of likely N-dealkylation sites (N-methyl/N-ethyl adjacent to an activating group) is 1. The van der Waals surface area contributed by atoms with Crippen molar-refractivity contribution in [1.29, 1.82) is 0 Å². The van der Waals surface area contributed by atoms with E-state index in [1.165, 1.54) is 0 Å². The van der Waals surface area contributed by atoms with Crippen LogP contribution in [0.5, 0.6) is 11.5 Å². The van der Waals surface area contributed by atoms with Crippen molar-refractivity contribution in [2.45, 2.75) is 24.9 Å². The number of sulfonamides is 1. The Morgan fingerprint density at radius 1 is 0.978 bits per heavy atom. The van der Waals surface area contributed by atoms with Crippen LogP contribution in [0.25, 0.3) is 11.0 Å². The molecule has 2 aromatic carbocycles. The maximum Gasteiger partial charge on any atom is 0.231 e. The van der Waals surface area contributed by atoms with Gasteiger partial charge in [0.15, 0.2) is 0 Å². The first-order valence-electron chi connectivity index (χ1n) is 15.2. The lowest BCUT2D eigenvalue weighted by Crippen LogP contribution is -2.57. The predicted octanol–water partition coefficient (Wildman–Crippen LogP) is 3.80. The van der Waals surface area contributed by atoms with Crippen LogP contribution in [0.3, 0.4) is 0 Å². The number of hydrogen-bond acceptors (Lipinski definition) is 11.